The number of aromatic amines is 1. The molecule has 0 fully saturated rings. The van der Waals surface area contributed by atoms with E-state index in [4.69, 9.17) is 5.73 Å². The second-order valence-corrected chi connectivity index (χ2v) is 3.46. The average Bonchev–Trinajstić information content (AvgIpc) is 2.51. The zero-order chi connectivity index (χ0) is 10.7. The summed E-state index contributed by atoms with van der Waals surface area (Å²) in [4.78, 5) is 15.2. The molecular weight excluding hydrogens is 182 g/mol. The molecule has 0 aromatic carbocycles. The van der Waals surface area contributed by atoms with E-state index in [1.165, 1.54) is 0 Å². The van der Waals surface area contributed by atoms with Gasteiger partial charge in [0, 0.05) is 5.92 Å². The van der Waals surface area contributed by atoms with Gasteiger partial charge in [-0.1, -0.05) is 13.8 Å². The largest absolute Gasteiger partial charge is 0.367 e. The highest BCUT2D eigenvalue weighted by atomic mass is 16.1. The highest BCUT2D eigenvalue weighted by molar-refractivity contribution is 5.78. The Bertz CT molecular complexity index is 319. The molecule has 0 aliphatic rings. The number of carbonyl (C=O) groups is 1. The summed E-state index contributed by atoms with van der Waals surface area (Å²) >= 11 is 0. The van der Waals surface area contributed by atoms with Gasteiger partial charge in [0.2, 0.25) is 11.9 Å². The molecule has 6 heteroatoms. The third-order valence-corrected chi connectivity index (χ3v) is 1.81. The summed E-state index contributed by atoms with van der Waals surface area (Å²) in [6.45, 7) is 5.48. The second kappa shape index (κ2) is 4.08. The van der Waals surface area contributed by atoms with E-state index in [-0.39, 0.29) is 23.8 Å². The molecule has 1 heterocycles. The molecule has 0 saturated heterocycles. The predicted octanol–water partition coefficient (Wildman–Crippen LogP) is 0.220. The molecular formula is C8H15N5O. The van der Waals surface area contributed by atoms with Gasteiger partial charge in [-0.2, -0.15) is 4.98 Å². The van der Waals surface area contributed by atoms with Gasteiger partial charge in [-0.05, 0) is 6.92 Å². The second-order valence-electron chi connectivity index (χ2n) is 3.46. The summed E-state index contributed by atoms with van der Waals surface area (Å²) in [5, 5.41) is 9.11. The molecule has 1 amide bonds. The number of hydrogen-bond acceptors (Lipinski definition) is 4. The SMILES string of the molecule is CC(C)C(=O)NC(C)c1nc(N)n[nH]1. The van der Waals surface area contributed by atoms with Crippen molar-refractivity contribution in [2.24, 2.45) is 5.92 Å². The lowest BCUT2D eigenvalue weighted by molar-refractivity contribution is -0.124. The minimum absolute atomic E-state index is 0.0209. The Kier molecular flexibility index (Phi) is 3.06. The number of anilines is 1. The molecule has 6 nitrogen and oxygen atoms in total. The van der Waals surface area contributed by atoms with Crippen LogP contribution in [0.1, 0.15) is 32.6 Å². The van der Waals surface area contributed by atoms with Crippen LogP contribution in [0.2, 0.25) is 0 Å². The molecule has 14 heavy (non-hydrogen) atoms. The molecule has 0 radical (unpaired) electrons. The molecule has 0 spiro atoms. The third kappa shape index (κ3) is 2.45. The molecule has 0 aliphatic carbocycles. The first-order valence-corrected chi connectivity index (χ1v) is 4.49. The van der Waals surface area contributed by atoms with Crippen LogP contribution in [0.3, 0.4) is 0 Å². The van der Waals surface area contributed by atoms with Crippen molar-refractivity contribution in [3.8, 4) is 0 Å². The first-order valence-electron chi connectivity index (χ1n) is 4.49. The van der Waals surface area contributed by atoms with Gasteiger partial charge in [-0.25, -0.2) is 0 Å². The lowest BCUT2D eigenvalue weighted by atomic mass is 10.2. The van der Waals surface area contributed by atoms with Gasteiger partial charge in [-0.3, -0.25) is 9.89 Å². The highest BCUT2D eigenvalue weighted by Crippen LogP contribution is 2.07. The van der Waals surface area contributed by atoms with Crippen LogP contribution in [0.15, 0.2) is 0 Å². The van der Waals surface area contributed by atoms with E-state index >= 15 is 0 Å². The molecule has 0 aliphatic heterocycles. The van der Waals surface area contributed by atoms with Gasteiger partial charge in [0.15, 0.2) is 0 Å². The first-order chi connectivity index (χ1) is 6.50. The molecule has 78 valence electrons. The van der Waals surface area contributed by atoms with E-state index in [1.807, 2.05) is 20.8 Å². The summed E-state index contributed by atoms with van der Waals surface area (Å²) in [5.41, 5.74) is 5.34. The average molecular weight is 197 g/mol. The molecule has 1 aromatic rings. The summed E-state index contributed by atoms with van der Waals surface area (Å²) in [5.74, 6) is 0.687. The molecule has 1 rings (SSSR count). The summed E-state index contributed by atoms with van der Waals surface area (Å²) in [7, 11) is 0. The smallest absolute Gasteiger partial charge is 0.239 e. The van der Waals surface area contributed by atoms with Crippen LogP contribution in [-0.2, 0) is 4.79 Å². The van der Waals surface area contributed by atoms with Crippen molar-refractivity contribution >= 4 is 11.9 Å². The molecule has 4 N–H and O–H groups in total. The number of aromatic nitrogens is 3. The van der Waals surface area contributed by atoms with Gasteiger partial charge in [0.1, 0.15) is 5.82 Å². The molecule has 1 aromatic heterocycles. The minimum atomic E-state index is -0.199. The highest BCUT2D eigenvalue weighted by Gasteiger charge is 2.14. The zero-order valence-corrected chi connectivity index (χ0v) is 8.53. The van der Waals surface area contributed by atoms with Crippen LogP contribution in [0.5, 0.6) is 0 Å². The van der Waals surface area contributed by atoms with Crippen LogP contribution in [0.4, 0.5) is 5.95 Å². The Morgan fingerprint density at radius 1 is 1.50 bits per heavy atom. The standard InChI is InChI=1S/C8H15N5O/c1-4(2)7(14)10-5(3)6-11-8(9)13-12-6/h4-5H,1-3H3,(H,10,14)(H3,9,11,12,13). The van der Waals surface area contributed by atoms with Crippen molar-refractivity contribution < 1.29 is 4.79 Å². The van der Waals surface area contributed by atoms with Crippen molar-refractivity contribution in [2.45, 2.75) is 26.8 Å². The van der Waals surface area contributed by atoms with Gasteiger partial charge in [-0.15, -0.1) is 5.10 Å². The van der Waals surface area contributed by atoms with Crippen LogP contribution >= 0.6 is 0 Å². The fourth-order valence-corrected chi connectivity index (χ4v) is 0.930. The number of carbonyl (C=O) groups excluding carboxylic acids is 1. The van der Waals surface area contributed by atoms with E-state index in [0.29, 0.717) is 5.82 Å². The van der Waals surface area contributed by atoms with Gasteiger partial charge < -0.3 is 11.1 Å². The van der Waals surface area contributed by atoms with Gasteiger partial charge >= 0.3 is 0 Å². The number of rotatable bonds is 3. The Morgan fingerprint density at radius 3 is 2.57 bits per heavy atom. The zero-order valence-electron chi connectivity index (χ0n) is 8.53. The quantitative estimate of drug-likeness (QED) is 0.645. The van der Waals surface area contributed by atoms with Crippen LogP contribution in [0, 0.1) is 5.92 Å². The minimum Gasteiger partial charge on any atom is -0.367 e. The third-order valence-electron chi connectivity index (χ3n) is 1.81. The Morgan fingerprint density at radius 2 is 2.14 bits per heavy atom. The number of nitrogens with zero attached hydrogens (tertiary/aromatic N) is 2. The number of H-pyrrole nitrogens is 1. The Labute approximate surface area is 82.3 Å². The van der Waals surface area contributed by atoms with Crippen molar-refractivity contribution in [2.75, 3.05) is 5.73 Å². The van der Waals surface area contributed by atoms with Crippen LogP contribution in [0.25, 0.3) is 0 Å². The maximum Gasteiger partial charge on any atom is 0.239 e. The normalized spacial score (nSPS) is 12.9. The number of hydrogen-bond donors (Lipinski definition) is 3. The number of amides is 1. The molecule has 1 atom stereocenters. The molecule has 0 bridgehead atoms. The van der Waals surface area contributed by atoms with Crippen molar-refractivity contribution in [3.05, 3.63) is 5.82 Å². The van der Waals surface area contributed by atoms with Crippen molar-refractivity contribution in [1.82, 2.24) is 20.5 Å². The predicted molar refractivity (Wildman–Crippen MR) is 52.2 cm³/mol. The van der Waals surface area contributed by atoms with E-state index in [9.17, 15) is 4.79 Å². The maximum atomic E-state index is 11.3. The molecule has 0 saturated carbocycles. The lowest BCUT2D eigenvalue weighted by Crippen LogP contribution is -2.30. The fraction of sp³-hybridized carbons (Fsp3) is 0.625. The number of nitrogens with one attached hydrogen (secondary N) is 2. The summed E-state index contributed by atoms with van der Waals surface area (Å²) < 4.78 is 0. The van der Waals surface area contributed by atoms with Crippen molar-refractivity contribution in [1.29, 1.82) is 0 Å². The lowest BCUT2D eigenvalue weighted by Gasteiger charge is -2.12. The Hall–Kier alpha value is -1.59. The van der Waals surface area contributed by atoms with Gasteiger partial charge in [0.05, 0.1) is 6.04 Å². The Balaban J connectivity index is 2.59. The van der Waals surface area contributed by atoms with Crippen LogP contribution in [-0.4, -0.2) is 21.1 Å². The maximum absolute atomic E-state index is 11.3. The number of nitrogens with two attached hydrogens (primary N) is 1. The molecule has 1 unspecified atom stereocenters. The topological polar surface area (TPSA) is 96.7 Å². The van der Waals surface area contributed by atoms with E-state index in [0.717, 1.165) is 0 Å². The monoisotopic (exact) mass is 197 g/mol. The summed E-state index contributed by atoms with van der Waals surface area (Å²) in [6.07, 6.45) is 0. The fourth-order valence-electron chi connectivity index (χ4n) is 0.930. The van der Waals surface area contributed by atoms with E-state index < -0.39 is 0 Å². The summed E-state index contributed by atoms with van der Waals surface area (Å²) in [6, 6.07) is -0.199. The van der Waals surface area contributed by atoms with Crippen molar-refractivity contribution in [3.63, 3.8) is 0 Å². The van der Waals surface area contributed by atoms with E-state index in [2.05, 4.69) is 20.5 Å². The van der Waals surface area contributed by atoms with E-state index in [1.54, 1.807) is 0 Å². The van der Waals surface area contributed by atoms with Crippen LogP contribution < -0.4 is 11.1 Å². The first kappa shape index (κ1) is 10.5. The number of nitrogen functional groups attached to an aromatic ring is 1. The van der Waals surface area contributed by atoms with Gasteiger partial charge in [0.25, 0.3) is 0 Å².